The van der Waals surface area contributed by atoms with Crippen LogP contribution in [-0.2, 0) is 4.79 Å². The largest absolute Gasteiger partial charge is 0.508 e. The normalized spacial score (nSPS) is 16.5. The predicted octanol–water partition coefficient (Wildman–Crippen LogP) is 2.52. The van der Waals surface area contributed by atoms with Gasteiger partial charge in [-0.05, 0) is 25.0 Å². The van der Waals surface area contributed by atoms with E-state index in [1.54, 1.807) is 24.3 Å². The number of phenols is 1. The highest BCUT2D eigenvalue weighted by atomic mass is 16.3. The van der Waals surface area contributed by atoms with Gasteiger partial charge in [0, 0.05) is 17.7 Å². The molecule has 0 spiro atoms. The molecule has 0 saturated heterocycles. The van der Waals surface area contributed by atoms with Gasteiger partial charge in [-0.25, -0.2) is 0 Å². The summed E-state index contributed by atoms with van der Waals surface area (Å²) in [6.45, 7) is 0. The summed E-state index contributed by atoms with van der Waals surface area (Å²) < 4.78 is 0. The van der Waals surface area contributed by atoms with Crippen LogP contribution < -0.4 is 5.32 Å². The van der Waals surface area contributed by atoms with Gasteiger partial charge in [0.2, 0.25) is 5.91 Å². The van der Waals surface area contributed by atoms with Crippen molar-refractivity contribution in [3.05, 3.63) is 24.3 Å². The Balaban J connectivity index is 1.99. The van der Waals surface area contributed by atoms with Crippen molar-refractivity contribution in [2.75, 3.05) is 5.32 Å². The van der Waals surface area contributed by atoms with E-state index in [4.69, 9.17) is 0 Å². The third kappa shape index (κ3) is 2.49. The van der Waals surface area contributed by atoms with Crippen LogP contribution in [0.3, 0.4) is 0 Å². The van der Waals surface area contributed by atoms with E-state index in [-0.39, 0.29) is 17.6 Å². The Morgan fingerprint density at radius 3 is 2.73 bits per heavy atom. The maximum atomic E-state index is 11.7. The van der Waals surface area contributed by atoms with E-state index >= 15 is 0 Å². The lowest BCUT2D eigenvalue weighted by atomic mass is 10.1. The number of phenolic OH excluding ortho intramolecular Hbond substituents is 1. The molecule has 80 valence electrons. The number of anilines is 1. The minimum absolute atomic E-state index is 0.0816. The van der Waals surface area contributed by atoms with E-state index in [0.717, 1.165) is 25.7 Å². The Labute approximate surface area is 89.1 Å². The van der Waals surface area contributed by atoms with Crippen molar-refractivity contribution in [1.82, 2.24) is 0 Å². The first-order chi connectivity index (χ1) is 7.25. The van der Waals surface area contributed by atoms with Gasteiger partial charge in [0.25, 0.3) is 0 Å². The standard InChI is InChI=1S/C12H15NO2/c14-11-7-3-6-10(8-11)13-12(15)9-4-1-2-5-9/h3,6-9,14H,1-2,4-5H2,(H,13,15). The maximum Gasteiger partial charge on any atom is 0.227 e. The lowest BCUT2D eigenvalue weighted by Crippen LogP contribution is -2.20. The number of hydrogen-bond donors (Lipinski definition) is 2. The average molecular weight is 205 g/mol. The lowest BCUT2D eigenvalue weighted by molar-refractivity contribution is -0.119. The van der Waals surface area contributed by atoms with Crippen molar-refractivity contribution in [1.29, 1.82) is 0 Å². The van der Waals surface area contributed by atoms with Crippen LogP contribution >= 0.6 is 0 Å². The molecule has 3 nitrogen and oxygen atoms in total. The van der Waals surface area contributed by atoms with E-state index in [2.05, 4.69) is 5.32 Å². The van der Waals surface area contributed by atoms with Crippen molar-refractivity contribution in [2.24, 2.45) is 5.92 Å². The number of carbonyl (C=O) groups is 1. The molecule has 1 amide bonds. The van der Waals surface area contributed by atoms with Gasteiger partial charge in [-0.15, -0.1) is 0 Å². The fourth-order valence-corrected chi connectivity index (χ4v) is 2.02. The molecule has 0 unspecified atom stereocenters. The van der Waals surface area contributed by atoms with Gasteiger partial charge in [0.1, 0.15) is 5.75 Å². The number of carbonyl (C=O) groups excluding carboxylic acids is 1. The van der Waals surface area contributed by atoms with E-state index in [9.17, 15) is 9.90 Å². The molecule has 15 heavy (non-hydrogen) atoms. The van der Waals surface area contributed by atoms with Gasteiger partial charge < -0.3 is 10.4 Å². The second-order valence-corrected chi connectivity index (χ2v) is 4.02. The molecule has 2 rings (SSSR count). The highest BCUT2D eigenvalue weighted by Gasteiger charge is 2.22. The second-order valence-electron chi connectivity index (χ2n) is 4.02. The Morgan fingerprint density at radius 1 is 1.33 bits per heavy atom. The van der Waals surface area contributed by atoms with E-state index in [1.165, 1.54) is 0 Å². The molecule has 0 atom stereocenters. The molecule has 1 aliphatic rings. The topological polar surface area (TPSA) is 49.3 Å². The van der Waals surface area contributed by atoms with Gasteiger partial charge in [-0.2, -0.15) is 0 Å². The smallest absolute Gasteiger partial charge is 0.227 e. The number of nitrogens with one attached hydrogen (secondary N) is 1. The van der Waals surface area contributed by atoms with Gasteiger partial charge in [-0.3, -0.25) is 4.79 Å². The van der Waals surface area contributed by atoms with Crippen molar-refractivity contribution in [3.8, 4) is 5.75 Å². The number of amides is 1. The van der Waals surface area contributed by atoms with Gasteiger partial charge in [-0.1, -0.05) is 18.9 Å². The van der Waals surface area contributed by atoms with Crippen LogP contribution in [0.5, 0.6) is 5.75 Å². The quantitative estimate of drug-likeness (QED) is 0.779. The molecule has 1 aromatic carbocycles. The molecule has 1 aliphatic carbocycles. The summed E-state index contributed by atoms with van der Waals surface area (Å²) in [5.41, 5.74) is 0.673. The number of hydrogen-bond acceptors (Lipinski definition) is 2. The second kappa shape index (κ2) is 4.34. The summed E-state index contributed by atoms with van der Waals surface area (Å²) in [6, 6.07) is 6.66. The fraction of sp³-hybridized carbons (Fsp3) is 0.417. The minimum atomic E-state index is 0.0816. The number of benzene rings is 1. The van der Waals surface area contributed by atoms with E-state index in [1.807, 2.05) is 0 Å². The molecule has 0 aromatic heterocycles. The molecule has 0 bridgehead atoms. The minimum Gasteiger partial charge on any atom is -0.508 e. The zero-order valence-electron chi connectivity index (χ0n) is 8.57. The van der Waals surface area contributed by atoms with Gasteiger partial charge in [0.05, 0.1) is 0 Å². The summed E-state index contributed by atoms with van der Waals surface area (Å²) in [5, 5.41) is 12.1. The first kappa shape index (κ1) is 10.0. The van der Waals surface area contributed by atoms with Crippen LogP contribution in [0.1, 0.15) is 25.7 Å². The monoisotopic (exact) mass is 205 g/mol. The van der Waals surface area contributed by atoms with E-state index in [0.29, 0.717) is 5.69 Å². The van der Waals surface area contributed by atoms with Crippen molar-refractivity contribution in [2.45, 2.75) is 25.7 Å². The molecule has 3 heteroatoms. The number of aromatic hydroxyl groups is 1. The highest BCUT2D eigenvalue weighted by molar-refractivity contribution is 5.92. The Morgan fingerprint density at radius 2 is 2.07 bits per heavy atom. The van der Waals surface area contributed by atoms with Crippen LogP contribution in [0.15, 0.2) is 24.3 Å². The molecule has 1 saturated carbocycles. The van der Waals surface area contributed by atoms with Crippen LogP contribution in [0.4, 0.5) is 5.69 Å². The summed E-state index contributed by atoms with van der Waals surface area (Å²) >= 11 is 0. The summed E-state index contributed by atoms with van der Waals surface area (Å²) in [6.07, 6.45) is 4.28. The average Bonchev–Trinajstić information content (AvgIpc) is 2.70. The third-order valence-corrected chi connectivity index (χ3v) is 2.84. The summed E-state index contributed by atoms with van der Waals surface area (Å²) in [4.78, 5) is 11.7. The van der Waals surface area contributed by atoms with Gasteiger partial charge >= 0.3 is 0 Å². The lowest BCUT2D eigenvalue weighted by Gasteiger charge is -2.10. The molecule has 0 radical (unpaired) electrons. The molecular formula is C12H15NO2. The predicted molar refractivity (Wildman–Crippen MR) is 58.7 cm³/mol. The zero-order chi connectivity index (χ0) is 10.7. The SMILES string of the molecule is O=C(Nc1cccc(O)c1)C1CCCC1. The first-order valence-corrected chi connectivity index (χ1v) is 5.35. The van der Waals surface area contributed by atoms with Gasteiger partial charge in [0.15, 0.2) is 0 Å². The highest BCUT2D eigenvalue weighted by Crippen LogP contribution is 2.26. The maximum absolute atomic E-state index is 11.7. The Bertz CT molecular complexity index is 356. The van der Waals surface area contributed by atoms with Crippen molar-refractivity contribution < 1.29 is 9.90 Å². The van der Waals surface area contributed by atoms with Crippen molar-refractivity contribution in [3.63, 3.8) is 0 Å². The van der Waals surface area contributed by atoms with Crippen LogP contribution in [-0.4, -0.2) is 11.0 Å². The Kier molecular flexibility index (Phi) is 2.90. The zero-order valence-corrected chi connectivity index (χ0v) is 8.57. The molecule has 1 fully saturated rings. The third-order valence-electron chi connectivity index (χ3n) is 2.84. The summed E-state index contributed by atoms with van der Waals surface area (Å²) in [5.74, 6) is 0.421. The molecule has 0 aliphatic heterocycles. The first-order valence-electron chi connectivity index (χ1n) is 5.35. The molecule has 0 heterocycles. The fourth-order valence-electron chi connectivity index (χ4n) is 2.02. The molecular weight excluding hydrogens is 190 g/mol. The number of rotatable bonds is 2. The van der Waals surface area contributed by atoms with E-state index < -0.39 is 0 Å². The summed E-state index contributed by atoms with van der Waals surface area (Å²) in [7, 11) is 0. The molecule has 2 N–H and O–H groups in total. The van der Waals surface area contributed by atoms with Crippen LogP contribution in [0.25, 0.3) is 0 Å². The van der Waals surface area contributed by atoms with Crippen molar-refractivity contribution >= 4 is 11.6 Å². The van der Waals surface area contributed by atoms with Crippen LogP contribution in [0.2, 0.25) is 0 Å². The van der Waals surface area contributed by atoms with Crippen LogP contribution in [0, 0.1) is 5.92 Å². The molecule has 1 aromatic rings. The Hall–Kier alpha value is -1.51.